The first kappa shape index (κ1) is 12.9. The highest BCUT2D eigenvalue weighted by Crippen LogP contribution is 1.92. The molecule has 0 saturated heterocycles. The molecule has 0 aliphatic rings. The lowest BCUT2D eigenvalue weighted by Gasteiger charge is -2.11. The summed E-state index contributed by atoms with van der Waals surface area (Å²) in [5.41, 5.74) is -2.81. The summed E-state index contributed by atoms with van der Waals surface area (Å²) in [6.07, 6.45) is 0. The largest absolute Gasteiger partial charge is 0.345 e. The minimum Gasteiger partial charge on any atom is -0.247 e. The van der Waals surface area contributed by atoms with Crippen molar-refractivity contribution in [2.75, 3.05) is 0 Å². The Morgan fingerprint density at radius 2 is 1.35 bits per heavy atom. The van der Waals surface area contributed by atoms with Crippen LogP contribution in [0.5, 0.6) is 0 Å². The van der Waals surface area contributed by atoms with Crippen molar-refractivity contribution in [3.8, 4) is 0 Å². The Hall–Kier alpha value is -2.18. The van der Waals surface area contributed by atoms with E-state index in [1.165, 1.54) is 13.8 Å². The van der Waals surface area contributed by atoms with E-state index in [0.29, 0.717) is 13.7 Å². The van der Waals surface area contributed by atoms with Crippen LogP contribution < -0.4 is 17.1 Å². The third kappa shape index (κ3) is 1.91. The molecular formula is C10H12FN3O3. The van der Waals surface area contributed by atoms with Crippen LogP contribution in [0.25, 0.3) is 11.4 Å². The molecule has 1 aromatic rings. The van der Waals surface area contributed by atoms with E-state index in [4.69, 9.17) is 0 Å². The molecule has 0 amide bonds. The van der Waals surface area contributed by atoms with Crippen LogP contribution in [0, 0.1) is 0 Å². The van der Waals surface area contributed by atoms with Gasteiger partial charge in [-0.15, -0.1) is 0 Å². The molecule has 0 fully saturated rings. The number of hydrogen-bond donors (Lipinski definition) is 0. The van der Waals surface area contributed by atoms with Gasteiger partial charge in [0.25, 0.3) is 0 Å². The number of nitrogens with zero attached hydrogens (tertiary/aromatic N) is 3. The molecule has 7 heteroatoms. The average molecular weight is 241 g/mol. The summed E-state index contributed by atoms with van der Waals surface area (Å²) in [6.45, 7) is 8.35. The van der Waals surface area contributed by atoms with Gasteiger partial charge in [-0.2, -0.15) is 0 Å². The first-order chi connectivity index (χ1) is 7.82. The average Bonchev–Trinajstić information content (AvgIpc) is 2.16. The SMILES string of the molecule is C=C(C)n1c(=O)n(CF)c(=O)n(C(=C)C)c1=O. The van der Waals surface area contributed by atoms with Gasteiger partial charge in [0.2, 0.25) is 0 Å². The van der Waals surface area contributed by atoms with Gasteiger partial charge in [-0.05, 0) is 13.8 Å². The van der Waals surface area contributed by atoms with Crippen molar-refractivity contribution in [2.45, 2.75) is 20.6 Å². The lowest BCUT2D eigenvalue weighted by atomic mass is 10.5. The molecule has 0 N–H and O–H groups in total. The predicted octanol–water partition coefficient (Wildman–Crippen LogP) is 0.0799. The predicted molar refractivity (Wildman–Crippen MR) is 62.3 cm³/mol. The Bertz CT molecular complexity index is 611. The smallest absolute Gasteiger partial charge is 0.247 e. The Morgan fingerprint density at radius 3 is 1.59 bits per heavy atom. The van der Waals surface area contributed by atoms with Crippen molar-refractivity contribution in [3.05, 3.63) is 44.6 Å². The van der Waals surface area contributed by atoms with E-state index in [-0.39, 0.29) is 11.4 Å². The zero-order valence-electron chi connectivity index (χ0n) is 9.57. The normalized spacial score (nSPS) is 10.3. The van der Waals surface area contributed by atoms with Crippen molar-refractivity contribution in [3.63, 3.8) is 0 Å². The number of alkyl halides is 1. The van der Waals surface area contributed by atoms with E-state index < -0.39 is 23.9 Å². The fourth-order valence-corrected chi connectivity index (χ4v) is 1.34. The van der Waals surface area contributed by atoms with E-state index >= 15 is 0 Å². The molecule has 0 unspecified atom stereocenters. The summed E-state index contributed by atoms with van der Waals surface area (Å²) < 4.78 is 14.2. The van der Waals surface area contributed by atoms with Gasteiger partial charge in [0.05, 0.1) is 0 Å². The molecule has 0 bridgehead atoms. The van der Waals surface area contributed by atoms with Crippen LogP contribution in [0.3, 0.4) is 0 Å². The highest BCUT2D eigenvalue weighted by atomic mass is 19.1. The maximum absolute atomic E-state index is 12.6. The second kappa shape index (κ2) is 4.36. The standard InChI is InChI=1S/C10H12FN3O3/c1-6(2)13-8(15)12(5-11)9(16)14(7(3)4)10(13)17/h1,3,5H2,2,4H3. The molecule has 92 valence electrons. The van der Waals surface area contributed by atoms with Gasteiger partial charge >= 0.3 is 17.1 Å². The summed E-state index contributed by atoms with van der Waals surface area (Å²) >= 11 is 0. The molecule has 1 aromatic heterocycles. The molecule has 1 rings (SSSR count). The highest BCUT2D eigenvalue weighted by molar-refractivity contribution is 5.40. The van der Waals surface area contributed by atoms with E-state index in [0.717, 1.165) is 0 Å². The zero-order chi connectivity index (χ0) is 13.3. The zero-order valence-corrected chi connectivity index (χ0v) is 9.57. The van der Waals surface area contributed by atoms with Crippen LogP contribution in [-0.4, -0.2) is 13.7 Å². The van der Waals surface area contributed by atoms with Gasteiger partial charge in [-0.3, -0.25) is 0 Å². The van der Waals surface area contributed by atoms with Crippen LogP contribution in [-0.2, 0) is 6.80 Å². The number of aromatic nitrogens is 3. The maximum atomic E-state index is 12.6. The summed E-state index contributed by atoms with van der Waals surface area (Å²) in [7, 11) is 0. The Labute approximate surface area is 95.5 Å². The lowest BCUT2D eigenvalue weighted by molar-refractivity contribution is 0.342. The first-order valence-electron chi connectivity index (χ1n) is 4.69. The van der Waals surface area contributed by atoms with Crippen LogP contribution in [0.2, 0.25) is 0 Å². The van der Waals surface area contributed by atoms with Gasteiger partial charge in [-0.25, -0.2) is 32.5 Å². The lowest BCUT2D eigenvalue weighted by Crippen LogP contribution is -2.53. The van der Waals surface area contributed by atoms with Crippen LogP contribution in [0.1, 0.15) is 13.8 Å². The fourth-order valence-electron chi connectivity index (χ4n) is 1.34. The number of rotatable bonds is 3. The molecule has 0 atom stereocenters. The third-order valence-corrected chi connectivity index (χ3v) is 2.11. The maximum Gasteiger partial charge on any atom is 0.345 e. The molecule has 0 aromatic carbocycles. The minimum absolute atomic E-state index is 0.0946. The van der Waals surface area contributed by atoms with E-state index in [1.807, 2.05) is 0 Å². The van der Waals surface area contributed by atoms with Gasteiger partial charge in [-0.1, -0.05) is 13.2 Å². The van der Waals surface area contributed by atoms with Crippen molar-refractivity contribution >= 4 is 11.4 Å². The van der Waals surface area contributed by atoms with Crippen LogP contribution in [0.15, 0.2) is 27.5 Å². The number of allylic oxidation sites excluding steroid dienone is 2. The monoisotopic (exact) mass is 241 g/mol. The van der Waals surface area contributed by atoms with Crippen molar-refractivity contribution in [2.24, 2.45) is 0 Å². The molecule has 1 heterocycles. The molecular weight excluding hydrogens is 229 g/mol. The second-order valence-corrected chi connectivity index (χ2v) is 3.54. The highest BCUT2D eigenvalue weighted by Gasteiger charge is 2.15. The van der Waals surface area contributed by atoms with Crippen LogP contribution >= 0.6 is 0 Å². The Kier molecular flexibility index (Phi) is 3.31. The number of halogens is 1. The van der Waals surface area contributed by atoms with Crippen molar-refractivity contribution < 1.29 is 4.39 Å². The van der Waals surface area contributed by atoms with Gasteiger partial charge in [0.1, 0.15) is 0 Å². The molecule has 0 radical (unpaired) electrons. The van der Waals surface area contributed by atoms with Gasteiger partial charge < -0.3 is 0 Å². The van der Waals surface area contributed by atoms with Gasteiger partial charge in [0, 0.05) is 11.4 Å². The first-order valence-corrected chi connectivity index (χ1v) is 4.69. The minimum atomic E-state index is -1.32. The molecule has 17 heavy (non-hydrogen) atoms. The van der Waals surface area contributed by atoms with E-state index in [1.54, 1.807) is 0 Å². The molecule has 6 nitrogen and oxygen atoms in total. The van der Waals surface area contributed by atoms with E-state index in [9.17, 15) is 18.8 Å². The molecule has 0 saturated carbocycles. The molecule has 0 aliphatic carbocycles. The second-order valence-electron chi connectivity index (χ2n) is 3.54. The Balaban J connectivity index is 4.04. The summed E-state index contributed by atoms with van der Waals surface area (Å²) in [5, 5.41) is 0. The molecule has 0 aliphatic heterocycles. The van der Waals surface area contributed by atoms with Crippen molar-refractivity contribution in [1.29, 1.82) is 0 Å². The Morgan fingerprint density at radius 1 is 1.00 bits per heavy atom. The number of hydrogen-bond acceptors (Lipinski definition) is 3. The third-order valence-electron chi connectivity index (χ3n) is 2.11. The van der Waals surface area contributed by atoms with Gasteiger partial charge in [0.15, 0.2) is 6.80 Å². The summed E-state index contributed by atoms with van der Waals surface area (Å²) in [6, 6.07) is 0. The van der Waals surface area contributed by atoms with E-state index in [2.05, 4.69) is 13.2 Å². The topological polar surface area (TPSA) is 66.0 Å². The summed E-state index contributed by atoms with van der Waals surface area (Å²) in [5.74, 6) is 0. The fraction of sp³-hybridized carbons (Fsp3) is 0.300. The quantitative estimate of drug-likeness (QED) is 0.752. The van der Waals surface area contributed by atoms with Crippen molar-refractivity contribution in [1.82, 2.24) is 13.7 Å². The van der Waals surface area contributed by atoms with Crippen LogP contribution in [0.4, 0.5) is 4.39 Å². The molecule has 0 spiro atoms. The summed E-state index contributed by atoms with van der Waals surface area (Å²) in [4.78, 5) is 35.1.